The van der Waals surface area contributed by atoms with Gasteiger partial charge < -0.3 is 20.1 Å². The van der Waals surface area contributed by atoms with Gasteiger partial charge in [-0.2, -0.15) is 0 Å². The molecule has 120 valence electrons. The average Bonchev–Trinajstić information content (AvgIpc) is 2.48. The van der Waals surface area contributed by atoms with Crippen LogP contribution in [0.2, 0.25) is 0 Å². The first-order valence-corrected chi connectivity index (χ1v) is 7.73. The van der Waals surface area contributed by atoms with Crippen LogP contribution in [0.4, 0.5) is 4.79 Å². The molecular formula is C14H25N3O4. The maximum atomic E-state index is 12.2. The van der Waals surface area contributed by atoms with Crippen LogP contribution in [-0.2, 0) is 9.53 Å². The Morgan fingerprint density at radius 3 is 2.67 bits per heavy atom. The van der Waals surface area contributed by atoms with Crippen molar-refractivity contribution in [1.29, 1.82) is 0 Å². The largest absolute Gasteiger partial charge is 0.481 e. The fraction of sp³-hybridized carbons (Fsp3) is 0.857. The SMILES string of the molecule is O=C(O)CC1CCCCN1C(=O)NCCN1CCOCC1. The number of carboxylic acids is 1. The van der Waals surface area contributed by atoms with Crippen LogP contribution in [0.25, 0.3) is 0 Å². The predicted octanol–water partition coefficient (Wildman–Crippen LogP) is 0.357. The number of piperidine rings is 1. The van der Waals surface area contributed by atoms with Crippen molar-refractivity contribution in [2.45, 2.75) is 31.7 Å². The van der Waals surface area contributed by atoms with E-state index in [-0.39, 0.29) is 18.5 Å². The number of nitrogens with zero attached hydrogens (tertiary/aromatic N) is 2. The minimum atomic E-state index is -0.840. The van der Waals surface area contributed by atoms with Gasteiger partial charge in [0.05, 0.1) is 19.6 Å². The Morgan fingerprint density at radius 2 is 1.95 bits per heavy atom. The normalized spacial score (nSPS) is 23.8. The van der Waals surface area contributed by atoms with E-state index in [9.17, 15) is 9.59 Å². The van der Waals surface area contributed by atoms with Gasteiger partial charge in [-0.15, -0.1) is 0 Å². The quantitative estimate of drug-likeness (QED) is 0.766. The minimum Gasteiger partial charge on any atom is -0.481 e. The van der Waals surface area contributed by atoms with Crippen molar-refractivity contribution in [3.05, 3.63) is 0 Å². The third kappa shape index (κ3) is 5.17. The van der Waals surface area contributed by atoms with E-state index >= 15 is 0 Å². The minimum absolute atomic E-state index is 0.0386. The lowest BCUT2D eigenvalue weighted by molar-refractivity contribution is -0.138. The van der Waals surface area contributed by atoms with E-state index in [0.29, 0.717) is 13.1 Å². The summed E-state index contributed by atoms with van der Waals surface area (Å²) >= 11 is 0. The summed E-state index contributed by atoms with van der Waals surface area (Å²) in [6.07, 6.45) is 2.77. The molecule has 1 unspecified atom stereocenters. The Kier molecular flexibility index (Phi) is 6.25. The molecule has 2 amide bonds. The van der Waals surface area contributed by atoms with Crippen molar-refractivity contribution in [1.82, 2.24) is 15.1 Å². The van der Waals surface area contributed by atoms with E-state index in [1.165, 1.54) is 0 Å². The first-order chi connectivity index (χ1) is 10.2. The molecule has 0 radical (unpaired) electrons. The fourth-order valence-electron chi connectivity index (χ4n) is 2.93. The summed E-state index contributed by atoms with van der Waals surface area (Å²) < 4.78 is 5.28. The molecule has 0 saturated carbocycles. The number of amides is 2. The first kappa shape index (κ1) is 16.0. The highest BCUT2D eigenvalue weighted by molar-refractivity contribution is 5.76. The number of morpholine rings is 1. The van der Waals surface area contributed by atoms with Gasteiger partial charge in [0.25, 0.3) is 0 Å². The molecule has 2 heterocycles. The molecule has 2 aliphatic heterocycles. The molecule has 21 heavy (non-hydrogen) atoms. The van der Waals surface area contributed by atoms with Gasteiger partial charge in [0.15, 0.2) is 0 Å². The van der Waals surface area contributed by atoms with Gasteiger partial charge in [0.1, 0.15) is 0 Å². The molecule has 2 aliphatic rings. The van der Waals surface area contributed by atoms with Gasteiger partial charge >= 0.3 is 12.0 Å². The fourth-order valence-corrected chi connectivity index (χ4v) is 2.93. The summed E-state index contributed by atoms with van der Waals surface area (Å²) in [4.78, 5) is 27.0. The van der Waals surface area contributed by atoms with E-state index in [2.05, 4.69) is 10.2 Å². The van der Waals surface area contributed by atoms with Crippen molar-refractivity contribution >= 4 is 12.0 Å². The van der Waals surface area contributed by atoms with Crippen molar-refractivity contribution in [3.63, 3.8) is 0 Å². The lowest BCUT2D eigenvalue weighted by Crippen LogP contribution is -2.51. The molecule has 1 atom stereocenters. The number of carbonyl (C=O) groups excluding carboxylic acids is 1. The molecule has 0 aliphatic carbocycles. The zero-order chi connectivity index (χ0) is 15.1. The summed E-state index contributed by atoms with van der Waals surface area (Å²) in [6.45, 7) is 5.37. The first-order valence-electron chi connectivity index (χ1n) is 7.73. The summed E-state index contributed by atoms with van der Waals surface area (Å²) in [5.41, 5.74) is 0. The number of hydrogen-bond acceptors (Lipinski definition) is 4. The topological polar surface area (TPSA) is 82.1 Å². The zero-order valence-electron chi connectivity index (χ0n) is 12.4. The molecule has 7 heteroatoms. The molecule has 2 fully saturated rings. The Balaban J connectivity index is 1.73. The van der Waals surface area contributed by atoms with Crippen LogP contribution in [0, 0.1) is 0 Å². The maximum absolute atomic E-state index is 12.2. The van der Waals surface area contributed by atoms with Gasteiger partial charge in [-0.3, -0.25) is 9.69 Å². The van der Waals surface area contributed by atoms with Crippen molar-refractivity contribution < 1.29 is 19.4 Å². The highest BCUT2D eigenvalue weighted by atomic mass is 16.5. The number of likely N-dealkylation sites (tertiary alicyclic amines) is 1. The summed E-state index contributed by atoms with van der Waals surface area (Å²) in [5.74, 6) is -0.840. The third-order valence-corrected chi connectivity index (χ3v) is 4.11. The van der Waals surface area contributed by atoms with Crippen molar-refractivity contribution in [2.24, 2.45) is 0 Å². The second-order valence-electron chi connectivity index (χ2n) is 5.63. The van der Waals surface area contributed by atoms with E-state index in [0.717, 1.165) is 52.1 Å². The predicted molar refractivity (Wildman–Crippen MR) is 77.3 cm³/mol. The van der Waals surface area contributed by atoms with Crippen LogP contribution < -0.4 is 5.32 Å². The number of hydrogen-bond donors (Lipinski definition) is 2. The molecule has 2 N–H and O–H groups in total. The van der Waals surface area contributed by atoms with Crippen LogP contribution in [0.3, 0.4) is 0 Å². The molecule has 0 aromatic heterocycles. The summed E-state index contributed by atoms with van der Waals surface area (Å²) in [6, 6.07) is -0.297. The van der Waals surface area contributed by atoms with Crippen LogP contribution >= 0.6 is 0 Å². The lowest BCUT2D eigenvalue weighted by Gasteiger charge is -2.35. The van der Waals surface area contributed by atoms with Gasteiger partial charge in [-0.05, 0) is 19.3 Å². The van der Waals surface area contributed by atoms with E-state index in [4.69, 9.17) is 9.84 Å². The highest BCUT2D eigenvalue weighted by Crippen LogP contribution is 2.19. The van der Waals surface area contributed by atoms with E-state index in [1.807, 2.05) is 0 Å². The average molecular weight is 299 g/mol. The number of carbonyl (C=O) groups is 2. The summed E-state index contributed by atoms with van der Waals surface area (Å²) in [5, 5.41) is 11.8. The number of nitrogens with one attached hydrogen (secondary N) is 1. The molecule has 0 spiro atoms. The van der Waals surface area contributed by atoms with Crippen LogP contribution in [-0.4, -0.2) is 78.9 Å². The van der Waals surface area contributed by atoms with Crippen molar-refractivity contribution in [3.8, 4) is 0 Å². The van der Waals surface area contributed by atoms with Gasteiger partial charge in [-0.25, -0.2) is 4.79 Å². The van der Waals surface area contributed by atoms with Crippen LogP contribution in [0.5, 0.6) is 0 Å². The zero-order valence-corrected chi connectivity index (χ0v) is 12.4. The second-order valence-corrected chi connectivity index (χ2v) is 5.63. The Morgan fingerprint density at radius 1 is 1.19 bits per heavy atom. The van der Waals surface area contributed by atoms with Crippen LogP contribution in [0.1, 0.15) is 25.7 Å². The Hall–Kier alpha value is -1.34. The Bertz CT molecular complexity index is 358. The van der Waals surface area contributed by atoms with Crippen LogP contribution in [0.15, 0.2) is 0 Å². The maximum Gasteiger partial charge on any atom is 0.317 e. The molecule has 0 bridgehead atoms. The molecule has 7 nitrogen and oxygen atoms in total. The highest BCUT2D eigenvalue weighted by Gasteiger charge is 2.28. The van der Waals surface area contributed by atoms with Gasteiger partial charge in [0.2, 0.25) is 0 Å². The van der Waals surface area contributed by atoms with Gasteiger partial charge in [-0.1, -0.05) is 0 Å². The summed E-state index contributed by atoms with van der Waals surface area (Å²) in [7, 11) is 0. The van der Waals surface area contributed by atoms with E-state index in [1.54, 1.807) is 4.90 Å². The molecule has 2 saturated heterocycles. The lowest BCUT2D eigenvalue weighted by atomic mass is 10.00. The Labute approximate surface area is 125 Å². The van der Waals surface area contributed by atoms with Gasteiger partial charge in [0, 0.05) is 38.8 Å². The smallest absolute Gasteiger partial charge is 0.317 e. The standard InChI is InChI=1S/C14H25N3O4/c18-13(19)11-12-3-1-2-5-17(12)14(20)15-4-6-16-7-9-21-10-8-16/h12H,1-11H2,(H,15,20)(H,18,19). The molecule has 0 aromatic rings. The van der Waals surface area contributed by atoms with Crippen molar-refractivity contribution in [2.75, 3.05) is 45.9 Å². The molecular weight excluding hydrogens is 274 g/mol. The number of ether oxygens (including phenoxy) is 1. The molecule has 2 rings (SSSR count). The number of rotatable bonds is 5. The van der Waals surface area contributed by atoms with E-state index < -0.39 is 5.97 Å². The number of aliphatic carboxylic acids is 1. The number of urea groups is 1. The number of carboxylic acid groups (broad SMARTS) is 1. The monoisotopic (exact) mass is 299 g/mol. The molecule has 0 aromatic carbocycles. The second kappa shape index (κ2) is 8.19. The third-order valence-electron chi connectivity index (χ3n) is 4.11.